The van der Waals surface area contributed by atoms with E-state index in [9.17, 15) is 4.79 Å². The van der Waals surface area contributed by atoms with Crippen LogP contribution >= 0.6 is 0 Å². The average molecular weight is 447 g/mol. The molecular weight excluding hydrogens is 412 g/mol. The van der Waals surface area contributed by atoms with Crippen LogP contribution in [0, 0.1) is 0 Å². The van der Waals surface area contributed by atoms with Crippen LogP contribution in [0.4, 0.5) is 5.69 Å². The molecule has 1 aliphatic heterocycles. The first-order chi connectivity index (χ1) is 16.2. The van der Waals surface area contributed by atoms with Crippen LogP contribution in [0.3, 0.4) is 0 Å². The van der Waals surface area contributed by atoms with Crippen LogP contribution in [0.5, 0.6) is 0 Å². The minimum absolute atomic E-state index is 0.127. The van der Waals surface area contributed by atoms with Crippen molar-refractivity contribution >= 4 is 11.7 Å². The number of rotatable bonds is 9. The molecule has 0 bridgehead atoms. The molecule has 0 saturated carbocycles. The summed E-state index contributed by atoms with van der Waals surface area (Å²) in [5.41, 5.74) is 3.94. The predicted molar refractivity (Wildman–Crippen MR) is 132 cm³/mol. The largest absolute Gasteiger partial charge is 0.468 e. The van der Waals surface area contributed by atoms with Crippen molar-refractivity contribution in [1.29, 1.82) is 0 Å². The average Bonchev–Trinajstić information content (AvgIpc) is 3.43. The highest BCUT2D eigenvalue weighted by Gasteiger charge is 2.39. The number of nitrogens with one attached hydrogen (secondary N) is 1. The van der Waals surface area contributed by atoms with Gasteiger partial charge < -0.3 is 14.6 Å². The van der Waals surface area contributed by atoms with Crippen LogP contribution in [0.15, 0.2) is 67.1 Å². The molecule has 33 heavy (non-hydrogen) atoms. The van der Waals surface area contributed by atoms with Crippen molar-refractivity contribution in [1.82, 2.24) is 14.9 Å². The van der Waals surface area contributed by atoms with Crippen LogP contribution < -0.4 is 4.90 Å². The van der Waals surface area contributed by atoms with Crippen molar-refractivity contribution in [3.05, 3.63) is 72.7 Å². The molecule has 0 spiro atoms. The van der Waals surface area contributed by atoms with Gasteiger partial charge in [0.15, 0.2) is 0 Å². The van der Waals surface area contributed by atoms with Crippen LogP contribution in [-0.4, -0.2) is 60.7 Å². The molecule has 1 aliphatic rings. The third-order valence-corrected chi connectivity index (χ3v) is 6.98. The normalized spacial score (nSPS) is 16.4. The van der Waals surface area contributed by atoms with Crippen molar-refractivity contribution in [3.63, 3.8) is 0 Å². The summed E-state index contributed by atoms with van der Waals surface area (Å²) in [7, 11) is 1.50. The minimum Gasteiger partial charge on any atom is -0.468 e. The second kappa shape index (κ2) is 10.7. The molecule has 0 amide bonds. The van der Waals surface area contributed by atoms with Gasteiger partial charge in [-0.2, -0.15) is 0 Å². The summed E-state index contributed by atoms with van der Waals surface area (Å²) >= 11 is 0. The van der Waals surface area contributed by atoms with Gasteiger partial charge in [0, 0.05) is 37.4 Å². The van der Waals surface area contributed by atoms with Gasteiger partial charge in [-0.15, -0.1) is 0 Å². The maximum atomic E-state index is 12.8. The Balaban J connectivity index is 1.33. The van der Waals surface area contributed by atoms with Gasteiger partial charge in [-0.1, -0.05) is 49.4 Å². The SMILES string of the molecule is CCC(CCCN1CCN(c2cccc(-c3cnc[nH]3)c2)CC1)(C(=O)OC)c1ccccc1. The first-order valence-electron chi connectivity index (χ1n) is 11.9. The Bertz CT molecular complexity index is 1010. The lowest BCUT2D eigenvalue weighted by molar-refractivity contribution is -0.148. The first kappa shape index (κ1) is 23.1. The van der Waals surface area contributed by atoms with E-state index in [1.807, 2.05) is 24.4 Å². The van der Waals surface area contributed by atoms with E-state index in [2.05, 4.69) is 63.1 Å². The molecule has 1 aromatic heterocycles. The molecule has 174 valence electrons. The molecule has 1 atom stereocenters. The Hall–Kier alpha value is -3.12. The molecule has 4 rings (SSSR count). The lowest BCUT2D eigenvalue weighted by Gasteiger charge is -2.37. The zero-order chi connectivity index (χ0) is 23.1. The van der Waals surface area contributed by atoms with E-state index in [4.69, 9.17) is 4.74 Å². The fourth-order valence-electron chi connectivity index (χ4n) is 4.96. The van der Waals surface area contributed by atoms with Gasteiger partial charge in [-0.3, -0.25) is 9.69 Å². The van der Waals surface area contributed by atoms with E-state index in [1.165, 1.54) is 12.8 Å². The maximum Gasteiger partial charge on any atom is 0.316 e. The Morgan fingerprint density at radius 2 is 1.88 bits per heavy atom. The second-order valence-corrected chi connectivity index (χ2v) is 8.74. The number of hydrogen-bond acceptors (Lipinski definition) is 5. The van der Waals surface area contributed by atoms with E-state index in [-0.39, 0.29) is 5.97 Å². The van der Waals surface area contributed by atoms with Crippen molar-refractivity contribution in [2.24, 2.45) is 0 Å². The fraction of sp³-hybridized carbons (Fsp3) is 0.407. The number of aromatic nitrogens is 2. The summed E-state index contributed by atoms with van der Waals surface area (Å²) in [5.74, 6) is -0.127. The number of benzene rings is 2. The van der Waals surface area contributed by atoms with Crippen molar-refractivity contribution in [3.8, 4) is 11.3 Å². The Morgan fingerprint density at radius 3 is 2.55 bits per heavy atom. The van der Waals surface area contributed by atoms with Gasteiger partial charge in [0.05, 0.1) is 30.7 Å². The smallest absolute Gasteiger partial charge is 0.316 e. The molecule has 6 nitrogen and oxygen atoms in total. The number of ether oxygens (including phenoxy) is 1. The summed E-state index contributed by atoms with van der Waals surface area (Å²) in [5, 5.41) is 0. The number of esters is 1. The highest BCUT2D eigenvalue weighted by Crippen LogP contribution is 2.34. The second-order valence-electron chi connectivity index (χ2n) is 8.74. The molecule has 2 heterocycles. The van der Waals surface area contributed by atoms with E-state index in [0.717, 1.165) is 68.8 Å². The van der Waals surface area contributed by atoms with Crippen LogP contribution in [-0.2, 0) is 14.9 Å². The number of carbonyl (C=O) groups excluding carboxylic acids is 1. The standard InChI is InChI=1S/C27H34N4O2/c1-3-27(26(32)33-2,23-10-5-4-6-11-23)13-8-14-30-15-17-31(18-16-30)24-12-7-9-22(19-24)25-20-28-21-29-25/h4-7,9-12,19-21H,3,8,13-18H2,1-2H3,(H,28,29). The lowest BCUT2D eigenvalue weighted by Crippen LogP contribution is -2.47. The Kier molecular flexibility index (Phi) is 7.45. The van der Waals surface area contributed by atoms with Crippen LogP contribution in [0.25, 0.3) is 11.3 Å². The molecule has 1 saturated heterocycles. The number of anilines is 1. The van der Waals surface area contributed by atoms with Gasteiger partial charge >= 0.3 is 5.97 Å². The molecular formula is C27H34N4O2. The number of nitrogens with zero attached hydrogens (tertiary/aromatic N) is 3. The lowest BCUT2D eigenvalue weighted by atomic mass is 9.74. The van der Waals surface area contributed by atoms with Crippen molar-refractivity contribution < 1.29 is 9.53 Å². The number of methoxy groups -OCH3 is 1. The number of H-pyrrole nitrogens is 1. The number of imidazole rings is 1. The highest BCUT2D eigenvalue weighted by atomic mass is 16.5. The molecule has 6 heteroatoms. The maximum absolute atomic E-state index is 12.8. The fourth-order valence-corrected chi connectivity index (χ4v) is 4.96. The molecule has 1 N–H and O–H groups in total. The molecule has 2 aromatic carbocycles. The molecule has 0 radical (unpaired) electrons. The first-order valence-corrected chi connectivity index (χ1v) is 11.9. The zero-order valence-corrected chi connectivity index (χ0v) is 19.7. The summed E-state index contributed by atoms with van der Waals surface area (Å²) in [6.45, 7) is 7.13. The van der Waals surface area contributed by atoms with Crippen molar-refractivity contribution in [2.75, 3.05) is 44.7 Å². The predicted octanol–water partition coefficient (Wildman–Crippen LogP) is 4.50. The number of piperazine rings is 1. The summed E-state index contributed by atoms with van der Waals surface area (Å²) in [4.78, 5) is 25.1. The number of aromatic amines is 1. The van der Waals surface area contributed by atoms with E-state index < -0.39 is 5.41 Å². The Labute approximate surface area is 196 Å². The van der Waals surface area contributed by atoms with Gasteiger partial charge in [0.25, 0.3) is 0 Å². The van der Waals surface area contributed by atoms with Crippen molar-refractivity contribution in [2.45, 2.75) is 31.6 Å². The van der Waals surface area contributed by atoms with Gasteiger partial charge in [-0.25, -0.2) is 4.98 Å². The minimum atomic E-state index is -0.565. The third-order valence-electron chi connectivity index (χ3n) is 6.98. The molecule has 1 fully saturated rings. The number of carbonyl (C=O) groups is 1. The van der Waals surface area contributed by atoms with Gasteiger partial charge in [0.1, 0.15) is 0 Å². The molecule has 1 unspecified atom stereocenters. The third kappa shape index (κ3) is 5.11. The quantitative estimate of drug-likeness (QED) is 0.491. The molecule has 3 aromatic rings. The highest BCUT2D eigenvalue weighted by molar-refractivity contribution is 5.83. The van der Waals surface area contributed by atoms with Crippen LogP contribution in [0.2, 0.25) is 0 Å². The van der Waals surface area contributed by atoms with Gasteiger partial charge in [0.2, 0.25) is 0 Å². The van der Waals surface area contributed by atoms with Gasteiger partial charge in [-0.05, 0) is 43.5 Å². The molecule has 0 aliphatic carbocycles. The van der Waals surface area contributed by atoms with E-state index in [1.54, 1.807) is 6.33 Å². The summed E-state index contributed by atoms with van der Waals surface area (Å²) in [6, 6.07) is 18.7. The van der Waals surface area contributed by atoms with Crippen LogP contribution in [0.1, 0.15) is 31.7 Å². The number of hydrogen-bond donors (Lipinski definition) is 1. The Morgan fingerprint density at radius 1 is 1.09 bits per heavy atom. The topological polar surface area (TPSA) is 61.5 Å². The zero-order valence-electron chi connectivity index (χ0n) is 19.7. The monoisotopic (exact) mass is 446 g/mol. The summed E-state index contributed by atoms with van der Waals surface area (Å²) < 4.78 is 5.24. The van der Waals surface area contributed by atoms with E-state index >= 15 is 0 Å². The van der Waals surface area contributed by atoms with E-state index in [0.29, 0.717) is 0 Å². The summed E-state index contributed by atoms with van der Waals surface area (Å²) in [6.07, 6.45) is 6.08.